The SMILES string of the molecule is CSSC=CCC(C)(C)C. The second kappa shape index (κ2) is 5.14. The smallest absolute Gasteiger partial charge is 0.00759 e. The van der Waals surface area contributed by atoms with Crippen LogP contribution in [0.5, 0.6) is 0 Å². The monoisotopic (exact) mass is 176 g/mol. The van der Waals surface area contributed by atoms with Crippen molar-refractivity contribution in [3.63, 3.8) is 0 Å². The molecule has 0 aromatic heterocycles. The van der Waals surface area contributed by atoms with Gasteiger partial charge in [0.25, 0.3) is 0 Å². The van der Waals surface area contributed by atoms with Gasteiger partial charge in [0.1, 0.15) is 0 Å². The third-order valence-corrected chi connectivity index (χ3v) is 2.38. The van der Waals surface area contributed by atoms with Crippen LogP contribution in [-0.4, -0.2) is 6.26 Å². The summed E-state index contributed by atoms with van der Waals surface area (Å²) in [5.41, 5.74) is 0.440. The summed E-state index contributed by atoms with van der Waals surface area (Å²) in [6.07, 6.45) is 5.49. The van der Waals surface area contributed by atoms with Crippen LogP contribution >= 0.6 is 21.6 Å². The van der Waals surface area contributed by atoms with Crippen molar-refractivity contribution in [2.45, 2.75) is 27.2 Å². The summed E-state index contributed by atoms with van der Waals surface area (Å²) in [6, 6.07) is 0. The Morgan fingerprint density at radius 3 is 2.30 bits per heavy atom. The van der Waals surface area contributed by atoms with Gasteiger partial charge < -0.3 is 0 Å². The molecule has 2 heteroatoms. The number of hydrogen-bond acceptors (Lipinski definition) is 2. The molecular weight excluding hydrogens is 160 g/mol. The molecule has 0 saturated carbocycles. The highest BCUT2D eigenvalue weighted by Crippen LogP contribution is 2.22. The molecule has 60 valence electrons. The Hall–Kier alpha value is 0.440. The molecule has 0 aromatic carbocycles. The van der Waals surface area contributed by atoms with Gasteiger partial charge in [-0.3, -0.25) is 0 Å². The van der Waals surface area contributed by atoms with Gasteiger partial charge in [-0.1, -0.05) is 48.4 Å². The van der Waals surface area contributed by atoms with Crippen LogP contribution in [0.2, 0.25) is 0 Å². The van der Waals surface area contributed by atoms with E-state index in [-0.39, 0.29) is 0 Å². The molecule has 0 nitrogen and oxygen atoms in total. The minimum Gasteiger partial charge on any atom is -0.0930 e. The highest BCUT2D eigenvalue weighted by atomic mass is 33.1. The van der Waals surface area contributed by atoms with Crippen molar-refractivity contribution >= 4 is 21.6 Å². The maximum Gasteiger partial charge on any atom is -0.00759 e. The van der Waals surface area contributed by atoms with Crippen LogP contribution in [0, 0.1) is 5.41 Å². The molecule has 0 N–H and O–H groups in total. The van der Waals surface area contributed by atoms with E-state index < -0.39 is 0 Å². The van der Waals surface area contributed by atoms with Crippen molar-refractivity contribution in [1.29, 1.82) is 0 Å². The molecule has 0 spiro atoms. The Morgan fingerprint density at radius 1 is 1.30 bits per heavy atom. The van der Waals surface area contributed by atoms with E-state index in [2.05, 4.69) is 38.5 Å². The molecule has 0 aliphatic carbocycles. The lowest BCUT2D eigenvalue weighted by Gasteiger charge is -2.14. The van der Waals surface area contributed by atoms with E-state index in [1.165, 1.54) is 6.42 Å². The van der Waals surface area contributed by atoms with Crippen molar-refractivity contribution in [2.24, 2.45) is 5.41 Å². The first-order chi connectivity index (χ1) is 4.56. The quantitative estimate of drug-likeness (QED) is 0.597. The third kappa shape index (κ3) is 8.44. The Morgan fingerprint density at radius 2 is 1.90 bits per heavy atom. The largest absolute Gasteiger partial charge is 0.0930 e. The van der Waals surface area contributed by atoms with Gasteiger partial charge in [-0.05, 0) is 23.5 Å². The molecular formula is C8H16S2. The number of hydrogen-bond donors (Lipinski definition) is 0. The van der Waals surface area contributed by atoms with Crippen molar-refractivity contribution in [2.75, 3.05) is 6.26 Å². The highest BCUT2D eigenvalue weighted by molar-refractivity contribution is 8.77. The molecule has 0 fully saturated rings. The molecule has 0 rings (SSSR count). The fraction of sp³-hybridized carbons (Fsp3) is 0.750. The summed E-state index contributed by atoms with van der Waals surface area (Å²) in [5, 5.41) is 2.16. The fourth-order valence-corrected chi connectivity index (χ4v) is 1.35. The molecule has 10 heavy (non-hydrogen) atoms. The van der Waals surface area contributed by atoms with E-state index in [0.717, 1.165) is 0 Å². The summed E-state index contributed by atoms with van der Waals surface area (Å²) in [6.45, 7) is 6.75. The van der Waals surface area contributed by atoms with Crippen molar-refractivity contribution < 1.29 is 0 Å². The van der Waals surface area contributed by atoms with Crippen molar-refractivity contribution in [3.05, 3.63) is 11.5 Å². The summed E-state index contributed by atoms with van der Waals surface area (Å²) in [7, 11) is 3.57. The van der Waals surface area contributed by atoms with E-state index in [1.54, 1.807) is 21.6 Å². The minimum absolute atomic E-state index is 0.440. The van der Waals surface area contributed by atoms with Crippen LogP contribution in [0.3, 0.4) is 0 Å². The van der Waals surface area contributed by atoms with Gasteiger partial charge in [0.2, 0.25) is 0 Å². The van der Waals surface area contributed by atoms with Gasteiger partial charge in [-0.25, -0.2) is 0 Å². The van der Waals surface area contributed by atoms with Crippen molar-refractivity contribution in [3.8, 4) is 0 Å². The molecule has 0 aromatic rings. The second-order valence-electron chi connectivity index (χ2n) is 3.40. The Labute approximate surface area is 72.3 Å². The maximum absolute atomic E-state index is 2.25. The molecule has 0 bridgehead atoms. The van der Waals surface area contributed by atoms with Gasteiger partial charge in [0.15, 0.2) is 0 Å². The average molecular weight is 176 g/mol. The van der Waals surface area contributed by atoms with Crippen LogP contribution in [0.1, 0.15) is 27.2 Å². The Kier molecular flexibility index (Phi) is 5.36. The highest BCUT2D eigenvalue weighted by Gasteiger charge is 2.05. The van der Waals surface area contributed by atoms with E-state index in [4.69, 9.17) is 0 Å². The molecule has 0 atom stereocenters. The predicted molar refractivity (Wildman–Crippen MR) is 54.3 cm³/mol. The zero-order valence-corrected chi connectivity index (χ0v) is 8.81. The first-order valence-corrected chi connectivity index (χ1v) is 6.03. The molecule has 0 heterocycles. The molecule has 0 amide bonds. The maximum atomic E-state index is 2.25. The minimum atomic E-state index is 0.440. The van der Waals surface area contributed by atoms with Gasteiger partial charge >= 0.3 is 0 Å². The lowest BCUT2D eigenvalue weighted by Crippen LogP contribution is -2.01. The van der Waals surface area contributed by atoms with Crippen LogP contribution < -0.4 is 0 Å². The molecule has 0 saturated heterocycles. The van der Waals surface area contributed by atoms with E-state index in [0.29, 0.717) is 5.41 Å². The molecule has 0 unspecified atom stereocenters. The van der Waals surface area contributed by atoms with Crippen LogP contribution in [-0.2, 0) is 0 Å². The Balaban J connectivity index is 3.34. The van der Waals surface area contributed by atoms with E-state index in [1.807, 2.05) is 0 Å². The first-order valence-electron chi connectivity index (χ1n) is 3.41. The third-order valence-electron chi connectivity index (χ3n) is 0.978. The van der Waals surface area contributed by atoms with Crippen LogP contribution in [0.4, 0.5) is 0 Å². The lowest BCUT2D eigenvalue weighted by molar-refractivity contribution is 0.421. The van der Waals surface area contributed by atoms with Crippen LogP contribution in [0.25, 0.3) is 0 Å². The molecule has 0 aliphatic heterocycles. The molecule has 0 radical (unpaired) electrons. The number of allylic oxidation sites excluding steroid dienone is 1. The normalized spacial score (nSPS) is 12.8. The second-order valence-corrected chi connectivity index (χ2v) is 5.77. The van der Waals surface area contributed by atoms with Gasteiger partial charge in [0, 0.05) is 0 Å². The number of rotatable bonds is 3. The van der Waals surface area contributed by atoms with Crippen LogP contribution in [0.15, 0.2) is 11.5 Å². The zero-order valence-electron chi connectivity index (χ0n) is 7.18. The van der Waals surface area contributed by atoms with E-state index >= 15 is 0 Å². The van der Waals surface area contributed by atoms with Crippen molar-refractivity contribution in [1.82, 2.24) is 0 Å². The summed E-state index contributed by atoms with van der Waals surface area (Å²) >= 11 is 0. The summed E-state index contributed by atoms with van der Waals surface area (Å²) in [4.78, 5) is 0. The van der Waals surface area contributed by atoms with Gasteiger partial charge in [0.05, 0.1) is 0 Å². The first kappa shape index (κ1) is 10.4. The van der Waals surface area contributed by atoms with Gasteiger partial charge in [-0.15, -0.1) is 0 Å². The summed E-state index contributed by atoms with van der Waals surface area (Å²) in [5.74, 6) is 0. The van der Waals surface area contributed by atoms with Gasteiger partial charge in [-0.2, -0.15) is 0 Å². The molecule has 0 aliphatic rings. The standard InChI is InChI=1S/C8H16S2/c1-8(2,3)6-5-7-10-9-4/h5,7H,6H2,1-4H3. The summed E-state index contributed by atoms with van der Waals surface area (Å²) < 4.78 is 0. The fourth-order valence-electron chi connectivity index (χ4n) is 0.497. The predicted octanol–water partition coefficient (Wildman–Crippen LogP) is 3.95. The lowest BCUT2D eigenvalue weighted by atomic mass is 9.93. The Bertz CT molecular complexity index is 100. The topological polar surface area (TPSA) is 0 Å². The van der Waals surface area contributed by atoms with E-state index in [9.17, 15) is 0 Å². The zero-order chi connectivity index (χ0) is 8.04. The average Bonchev–Trinajstić information content (AvgIpc) is 1.78.